The van der Waals surface area contributed by atoms with Gasteiger partial charge in [-0.15, -0.1) is 0 Å². The minimum absolute atomic E-state index is 0.0962. The molecule has 27 heavy (non-hydrogen) atoms. The molecule has 2 aromatic rings. The molecule has 142 valence electrons. The molecule has 0 bridgehead atoms. The van der Waals surface area contributed by atoms with Crippen molar-refractivity contribution in [1.82, 2.24) is 0 Å². The highest BCUT2D eigenvalue weighted by atomic mass is 16.9. The van der Waals surface area contributed by atoms with Crippen molar-refractivity contribution < 1.29 is 19.4 Å². The maximum atomic E-state index is 11.1. The normalized spacial score (nSPS) is 21.8. The molecule has 0 aromatic heterocycles. The Morgan fingerprint density at radius 2 is 1.41 bits per heavy atom. The summed E-state index contributed by atoms with van der Waals surface area (Å²) in [6, 6.07) is 13.3. The van der Waals surface area contributed by atoms with Crippen LogP contribution in [-0.4, -0.2) is 17.9 Å². The van der Waals surface area contributed by atoms with Gasteiger partial charge >= 0.3 is 5.97 Å². The summed E-state index contributed by atoms with van der Waals surface area (Å²) in [6.45, 7) is 9.42. The van der Waals surface area contributed by atoms with Crippen molar-refractivity contribution in [3.8, 4) is 0 Å². The van der Waals surface area contributed by atoms with E-state index in [-0.39, 0.29) is 23.2 Å². The molecule has 1 aliphatic heterocycles. The molecule has 1 fully saturated rings. The van der Waals surface area contributed by atoms with Crippen LogP contribution in [0.5, 0.6) is 0 Å². The fourth-order valence-corrected chi connectivity index (χ4v) is 4.30. The van der Waals surface area contributed by atoms with Crippen LogP contribution >= 0.6 is 0 Å². The predicted molar refractivity (Wildman–Crippen MR) is 103 cm³/mol. The number of hydrogen-bond donors (Lipinski definition) is 1. The number of aromatic carboxylic acids is 1. The SMILES string of the molecule is CC1(C)CCC(C)(C)c2cc(C3(c4ccc(C(=O)O)cc4)OCO3)ccc21. The summed E-state index contributed by atoms with van der Waals surface area (Å²) in [7, 11) is 0. The van der Waals surface area contributed by atoms with Crippen molar-refractivity contribution in [2.24, 2.45) is 0 Å². The Labute approximate surface area is 160 Å². The fraction of sp³-hybridized carbons (Fsp3) is 0.435. The van der Waals surface area contributed by atoms with Gasteiger partial charge in [-0.2, -0.15) is 0 Å². The average Bonchev–Trinajstić information content (AvgIpc) is 2.59. The molecule has 2 aromatic carbocycles. The molecule has 0 atom stereocenters. The highest BCUT2D eigenvalue weighted by Crippen LogP contribution is 2.49. The number of rotatable bonds is 3. The first-order valence-electron chi connectivity index (χ1n) is 9.43. The smallest absolute Gasteiger partial charge is 0.335 e. The summed E-state index contributed by atoms with van der Waals surface area (Å²) >= 11 is 0. The van der Waals surface area contributed by atoms with Crippen molar-refractivity contribution in [2.75, 3.05) is 6.79 Å². The van der Waals surface area contributed by atoms with Gasteiger partial charge in [0.05, 0.1) is 5.56 Å². The second-order valence-electron chi connectivity index (χ2n) is 8.93. The lowest BCUT2D eigenvalue weighted by molar-refractivity contribution is -0.386. The van der Waals surface area contributed by atoms with Gasteiger partial charge < -0.3 is 14.6 Å². The number of carboxylic acids is 1. The van der Waals surface area contributed by atoms with Crippen molar-refractivity contribution in [2.45, 2.75) is 57.2 Å². The van der Waals surface area contributed by atoms with E-state index >= 15 is 0 Å². The van der Waals surface area contributed by atoms with Crippen LogP contribution < -0.4 is 0 Å². The third kappa shape index (κ3) is 2.79. The van der Waals surface area contributed by atoms with Crippen LogP contribution in [0.4, 0.5) is 0 Å². The third-order valence-corrected chi connectivity index (χ3v) is 6.27. The Morgan fingerprint density at radius 1 is 0.852 bits per heavy atom. The molecule has 0 spiro atoms. The molecule has 1 N–H and O–H groups in total. The van der Waals surface area contributed by atoms with E-state index in [0.29, 0.717) is 0 Å². The van der Waals surface area contributed by atoms with E-state index in [2.05, 4.69) is 45.9 Å². The van der Waals surface area contributed by atoms with E-state index in [1.165, 1.54) is 17.5 Å². The van der Waals surface area contributed by atoms with Crippen molar-refractivity contribution in [1.29, 1.82) is 0 Å². The zero-order chi connectivity index (χ0) is 19.4. The average molecular weight is 366 g/mol. The molecule has 0 amide bonds. The number of carboxylic acid groups (broad SMARTS) is 1. The molecule has 0 saturated carbocycles. The number of hydrogen-bond acceptors (Lipinski definition) is 3. The van der Waals surface area contributed by atoms with E-state index in [0.717, 1.165) is 17.5 Å². The van der Waals surface area contributed by atoms with E-state index in [9.17, 15) is 4.79 Å². The van der Waals surface area contributed by atoms with Crippen LogP contribution in [0.3, 0.4) is 0 Å². The summed E-state index contributed by atoms with van der Waals surface area (Å²) < 4.78 is 11.9. The van der Waals surface area contributed by atoms with Gasteiger partial charge in [0, 0.05) is 11.1 Å². The largest absolute Gasteiger partial charge is 0.478 e. The molecular formula is C23H26O4. The summed E-state index contributed by atoms with van der Waals surface area (Å²) in [4.78, 5) is 11.1. The maximum absolute atomic E-state index is 11.1. The van der Waals surface area contributed by atoms with Crippen LogP contribution in [0.2, 0.25) is 0 Å². The number of ether oxygens (including phenoxy) is 2. The third-order valence-electron chi connectivity index (χ3n) is 6.27. The van der Waals surface area contributed by atoms with Crippen LogP contribution in [-0.2, 0) is 26.1 Å². The van der Waals surface area contributed by atoms with Gasteiger partial charge in [-0.25, -0.2) is 4.79 Å². The van der Waals surface area contributed by atoms with Crippen LogP contribution in [0.1, 0.15) is 73.1 Å². The van der Waals surface area contributed by atoms with E-state index in [1.54, 1.807) is 24.3 Å². The van der Waals surface area contributed by atoms with Gasteiger partial charge in [0.2, 0.25) is 5.79 Å². The molecule has 4 rings (SSSR count). The summed E-state index contributed by atoms with van der Waals surface area (Å²) in [5, 5.41) is 9.14. The van der Waals surface area contributed by atoms with Gasteiger partial charge in [0.15, 0.2) is 6.79 Å². The molecule has 0 unspecified atom stereocenters. The molecule has 2 aliphatic rings. The molecule has 4 nitrogen and oxygen atoms in total. The number of benzene rings is 2. The highest BCUT2D eigenvalue weighted by Gasteiger charge is 2.46. The zero-order valence-electron chi connectivity index (χ0n) is 16.3. The zero-order valence-corrected chi connectivity index (χ0v) is 16.3. The van der Waals surface area contributed by atoms with E-state index in [4.69, 9.17) is 14.6 Å². The van der Waals surface area contributed by atoms with Crippen LogP contribution in [0.15, 0.2) is 42.5 Å². The number of carbonyl (C=O) groups is 1. The Morgan fingerprint density at radius 3 is 1.93 bits per heavy atom. The molecule has 1 saturated heterocycles. The monoisotopic (exact) mass is 366 g/mol. The Hall–Kier alpha value is -2.17. The molecule has 1 heterocycles. The second-order valence-corrected chi connectivity index (χ2v) is 8.93. The lowest BCUT2D eigenvalue weighted by Gasteiger charge is -2.45. The topological polar surface area (TPSA) is 55.8 Å². The van der Waals surface area contributed by atoms with Crippen molar-refractivity contribution >= 4 is 5.97 Å². The first-order chi connectivity index (χ1) is 12.7. The van der Waals surface area contributed by atoms with E-state index in [1.807, 2.05) is 0 Å². The lowest BCUT2D eigenvalue weighted by Crippen LogP contribution is -2.45. The maximum Gasteiger partial charge on any atom is 0.335 e. The first-order valence-corrected chi connectivity index (χ1v) is 9.43. The molecule has 1 aliphatic carbocycles. The minimum Gasteiger partial charge on any atom is -0.478 e. The van der Waals surface area contributed by atoms with E-state index < -0.39 is 11.8 Å². The van der Waals surface area contributed by atoms with Crippen LogP contribution in [0, 0.1) is 0 Å². The standard InChI is InChI=1S/C23H26O4/c1-21(2)11-12-22(3,4)19-13-17(9-10-18(19)21)23(26-14-27-23)16-7-5-15(6-8-16)20(24)25/h5-10,13H,11-12,14H2,1-4H3,(H,24,25). The van der Waals surface area contributed by atoms with Gasteiger partial charge in [0.25, 0.3) is 0 Å². The number of fused-ring (bicyclic) bond motifs is 1. The van der Waals surface area contributed by atoms with Crippen molar-refractivity contribution in [3.63, 3.8) is 0 Å². The highest BCUT2D eigenvalue weighted by molar-refractivity contribution is 5.87. The molecule has 4 heteroatoms. The Balaban J connectivity index is 1.81. The Kier molecular flexibility index (Phi) is 3.99. The van der Waals surface area contributed by atoms with Crippen LogP contribution in [0.25, 0.3) is 0 Å². The van der Waals surface area contributed by atoms with Gasteiger partial charge in [-0.05, 0) is 53.0 Å². The fourth-order valence-electron chi connectivity index (χ4n) is 4.30. The minimum atomic E-state index is -0.955. The summed E-state index contributed by atoms with van der Waals surface area (Å²) in [5.41, 5.74) is 5.00. The van der Waals surface area contributed by atoms with Gasteiger partial charge in [-0.3, -0.25) is 0 Å². The van der Waals surface area contributed by atoms with Crippen molar-refractivity contribution in [3.05, 3.63) is 70.3 Å². The predicted octanol–water partition coefficient (Wildman–Crippen LogP) is 4.94. The molecular weight excluding hydrogens is 340 g/mol. The molecule has 0 radical (unpaired) electrons. The van der Waals surface area contributed by atoms with Gasteiger partial charge in [0.1, 0.15) is 0 Å². The van der Waals surface area contributed by atoms with Gasteiger partial charge in [-0.1, -0.05) is 52.0 Å². The second kappa shape index (κ2) is 5.91. The summed E-state index contributed by atoms with van der Waals surface area (Å²) in [6.07, 6.45) is 2.31. The lowest BCUT2D eigenvalue weighted by atomic mass is 9.62. The Bertz CT molecular complexity index is 889. The first kappa shape index (κ1) is 18.2. The quantitative estimate of drug-likeness (QED) is 0.836. The summed E-state index contributed by atoms with van der Waals surface area (Å²) in [5.74, 6) is -1.90.